The number of carboxylic acids is 2. The molecular formula is C10H20Mn3N2O12S4. The molecule has 0 heterocycles. The van der Waals surface area contributed by atoms with Gasteiger partial charge in [-0.3, -0.25) is 16.8 Å². The molecule has 0 spiro atoms. The Morgan fingerprint density at radius 2 is 0.871 bits per heavy atom. The van der Waals surface area contributed by atoms with Gasteiger partial charge in [0.05, 0.1) is 11.9 Å². The van der Waals surface area contributed by atoms with Gasteiger partial charge in [0.15, 0.2) is 0 Å². The van der Waals surface area contributed by atoms with E-state index < -0.39 is 44.8 Å². The van der Waals surface area contributed by atoms with Gasteiger partial charge in [-0.1, -0.05) is 0 Å². The molecule has 31 heavy (non-hydrogen) atoms. The zero-order valence-electron chi connectivity index (χ0n) is 15.8. The molecule has 0 amide bonds. The average molecular weight is 653 g/mol. The molecule has 21 heteroatoms. The maximum absolute atomic E-state index is 9.96. The van der Waals surface area contributed by atoms with Crippen LogP contribution in [0, 0.1) is 0 Å². The predicted octanol–water partition coefficient (Wildman–Crippen LogP) is -5.05. The van der Waals surface area contributed by atoms with Crippen LogP contribution in [0.1, 0.15) is 12.8 Å². The van der Waals surface area contributed by atoms with Crippen molar-refractivity contribution in [3.05, 3.63) is 0 Å². The van der Waals surface area contributed by atoms with Crippen LogP contribution in [-0.2, 0) is 81.6 Å². The van der Waals surface area contributed by atoms with Gasteiger partial charge >= 0.3 is 51.2 Å². The van der Waals surface area contributed by atoms with Crippen LogP contribution in [0.2, 0.25) is 0 Å². The minimum atomic E-state index is -5.17. The van der Waals surface area contributed by atoms with Gasteiger partial charge in [0.1, 0.15) is 0 Å². The number of rotatable bonds is 8. The van der Waals surface area contributed by atoms with E-state index in [0.717, 1.165) is 11.5 Å². The van der Waals surface area contributed by atoms with Gasteiger partial charge in [-0.25, -0.2) is 0 Å². The molecule has 187 valence electrons. The van der Waals surface area contributed by atoms with Gasteiger partial charge in [-0.2, -0.15) is 23.5 Å². The zero-order chi connectivity index (χ0) is 23.6. The molecule has 0 aromatic heterocycles. The largest absolute Gasteiger partial charge is 2.00 e. The van der Waals surface area contributed by atoms with Crippen LogP contribution in [0.15, 0.2) is 0 Å². The Bertz CT molecular complexity index is 554. The van der Waals surface area contributed by atoms with Crippen molar-refractivity contribution in [3.8, 4) is 0 Å². The Hall–Kier alpha value is 0.858. The van der Waals surface area contributed by atoms with E-state index in [9.17, 15) is 19.8 Å². The minimum absolute atomic E-state index is 0. The van der Waals surface area contributed by atoms with E-state index in [1.165, 1.54) is 0 Å². The molecule has 0 fully saturated rings. The van der Waals surface area contributed by atoms with Gasteiger partial charge in [0, 0.05) is 32.9 Å². The van der Waals surface area contributed by atoms with Crippen molar-refractivity contribution < 1.29 is 106 Å². The second kappa shape index (κ2) is 28.9. The van der Waals surface area contributed by atoms with Gasteiger partial charge in [0.2, 0.25) is 0 Å². The van der Waals surface area contributed by atoms with Crippen molar-refractivity contribution in [1.82, 2.24) is 0 Å². The van der Waals surface area contributed by atoms with Crippen LogP contribution in [0.5, 0.6) is 0 Å². The molecule has 2 atom stereocenters. The smallest absolute Gasteiger partial charge is 0.759 e. The molecular weight excluding hydrogens is 633 g/mol. The third-order valence-corrected chi connectivity index (χ3v) is 3.16. The number of hydrogen-bond acceptors (Lipinski definition) is 16. The molecule has 0 aromatic carbocycles. The Balaban J connectivity index is -0.0000000497. The predicted molar refractivity (Wildman–Crippen MR) is 92.9 cm³/mol. The molecule has 0 unspecified atom stereocenters. The zero-order valence-corrected chi connectivity index (χ0v) is 22.6. The quantitative estimate of drug-likeness (QED) is 0.141. The number of thioether (sulfide) groups is 2. The molecule has 0 saturated heterocycles. The summed E-state index contributed by atoms with van der Waals surface area (Å²) in [5, 5.41) is 19.9. The third-order valence-electron chi connectivity index (χ3n) is 1.87. The molecule has 0 rings (SSSR count). The van der Waals surface area contributed by atoms with Gasteiger partial charge in [0.25, 0.3) is 0 Å². The van der Waals surface area contributed by atoms with Crippen molar-refractivity contribution in [2.24, 2.45) is 11.5 Å². The van der Waals surface area contributed by atoms with Crippen molar-refractivity contribution in [2.45, 2.75) is 24.9 Å². The monoisotopic (exact) mass is 653 g/mol. The van der Waals surface area contributed by atoms with E-state index in [0.29, 0.717) is 12.8 Å². The maximum atomic E-state index is 9.96. The van der Waals surface area contributed by atoms with Crippen molar-refractivity contribution >= 4 is 56.3 Å². The summed E-state index contributed by atoms with van der Waals surface area (Å²) in [7, 11) is -10.3. The Kier molecular flexibility index (Phi) is 45.8. The Morgan fingerprint density at radius 1 is 0.710 bits per heavy atom. The molecule has 0 saturated carbocycles. The number of carbonyl (C=O) groups excluding carboxylic acids is 2. The Labute approximate surface area is 221 Å². The SMILES string of the molecule is CSCC[C@H](N)C(=O)[O-].CSCC[C@H](N)C(=O)[O-].O=S(=O)([O-])[O-].O=S(=O)([O-])[O-].[Mn+2].[Mn+2].[Mn+2]. The standard InChI is InChI=1S/2C5H11NO2S.3Mn.2H2O4S/c2*1-9-3-2-4(6)5(7)8;;;;2*1-5(2,3)4/h2*4H,2-3,6H2,1H3,(H,7,8);;;;2*(H2,1,2,3,4)/q;;3*+2;;/p-6/t2*4-;;;;;/m00...../s1. The van der Waals surface area contributed by atoms with Crippen LogP contribution < -0.4 is 21.7 Å². The van der Waals surface area contributed by atoms with E-state index in [1.807, 2.05) is 12.5 Å². The average Bonchev–Trinajstić information content (AvgIpc) is 2.47. The summed E-state index contributed by atoms with van der Waals surface area (Å²) in [5.74, 6) is -0.780. The number of nitrogens with two attached hydrogens (primary N) is 2. The van der Waals surface area contributed by atoms with E-state index in [4.69, 9.17) is 46.5 Å². The first kappa shape index (κ1) is 49.1. The summed E-state index contributed by atoms with van der Waals surface area (Å²) in [6.45, 7) is 0. The van der Waals surface area contributed by atoms with Crippen LogP contribution in [0.4, 0.5) is 0 Å². The first-order chi connectivity index (χ1) is 12.4. The molecule has 0 bridgehead atoms. The first-order valence-corrected chi connectivity index (χ1v) is 12.1. The molecule has 0 aromatic rings. The minimum Gasteiger partial charge on any atom is -0.759 e. The second-order valence-electron chi connectivity index (χ2n) is 4.23. The second-order valence-corrected chi connectivity index (χ2v) is 7.83. The molecule has 0 aliphatic heterocycles. The van der Waals surface area contributed by atoms with Crippen molar-refractivity contribution in [3.63, 3.8) is 0 Å². The van der Waals surface area contributed by atoms with Gasteiger partial charge in [-0.05, 0) is 36.9 Å². The van der Waals surface area contributed by atoms with E-state index >= 15 is 0 Å². The summed E-state index contributed by atoms with van der Waals surface area (Å²) in [4.78, 5) is 19.9. The van der Waals surface area contributed by atoms with Crippen LogP contribution in [-0.4, -0.2) is 83.1 Å². The topological polar surface area (TPSA) is 293 Å². The summed E-state index contributed by atoms with van der Waals surface area (Å²) in [5.41, 5.74) is 10.3. The van der Waals surface area contributed by atoms with Crippen LogP contribution in [0.3, 0.4) is 0 Å². The summed E-state index contributed by atoms with van der Waals surface area (Å²) in [6.07, 6.45) is 4.79. The fraction of sp³-hybridized carbons (Fsp3) is 0.800. The van der Waals surface area contributed by atoms with Crippen LogP contribution in [0.25, 0.3) is 0 Å². The number of hydrogen-bond donors (Lipinski definition) is 2. The number of carbonyl (C=O) groups is 2. The number of carboxylic acid groups (broad SMARTS) is 2. The summed E-state index contributed by atoms with van der Waals surface area (Å²) < 4.78 is 68.2. The fourth-order valence-electron chi connectivity index (χ4n) is 0.725. The first-order valence-electron chi connectivity index (χ1n) is 6.60. The summed E-state index contributed by atoms with van der Waals surface area (Å²) in [6, 6.07) is -1.59. The third kappa shape index (κ3) is 90.4. The van der Waals surface area contributed by atoms with E-state index in [-0.39, 0.29) is 51.2 Å². The molecule has 0 aliphatic carbocycles. The fourth-order valence-corrected chi connectivity index (χ4v) is 1.70. The molecule has 14 nitrogen and oxygen atoms in total. The van der Waals surface area contributed by atoms with E-state index in [2.05, 4.69) is 0 Å². The number of aliphatic carboxylic acids is 2. The Morgan fingerprint density at radius 3 is 0.968 bits per heavy atom. The van der Waals surface area contributed by atoms with Crippen LogP contribution >= 0.6 is 23.5 Å². The molecule has 0 aliphatic rings. The summed E-state index contributed by atoms with van der Waals surface area (Å²) >= 11 is 3.15. The maximum Gasteiger partial charge on any atom is 2.00 e. The normalized spacial score (nSPS) is 11.4. The van der Waals surface area contributed by atoms with Crippen molar-refractivity contribution in [2.75, 3.05) is 24.0 Å². The van der Waals surface area contributed by atoms with Crippen molar-refractivity contribution in [1.29, 1.82) is 0 Å². The molecule has 3 radical (unpaired) electrons. The van der Waals surface area contributed by atoms with E-state index in [1.54, 1.807) is 23.5 Å². The molecule has 4 N–H and O–H groups in total. The van der Waals surface area contributed by atoms with Gasteiger partial charge in [-0.15, -0.1) is 0 Å². The van der Waals surface area contributed by atoms with Gasteiger partial charge < -0.3 is 49.5 Å².